The molecule has 0 saturated carbocycles. The van der Waals surface area contributed by atoms with Gasteiger partial charge in [0, 0.05) is 12.7 Å². The zero-order chi connectivity index (χ0) is 12.1. The Morgan fingerprint density at radius 3 is 2.94 bits per heavy atom. The van der Waals surface area contributed by atoms with Crippen molar-refractivity contribution in [2.24, 2.45) is 5.73 Å². The second kappa shape index (κ2) is 5.35. The normalized spacial score (nSPS) is 10.1. The predicted octanol–water partition coefficient (Wildman–Crippen LogP) is 0.419. The van der Waals surface area contributed by atoms with Crippen molar-refractivity contribution in [2.75, 3.05) is 11.9 Å². The Kier molecular flexibility index (Phi) is 3.61. The summed E-state index contributed by atoms with van der Waals surface area (Å²) in [6, 6.07) is 3.68. The molecule has 0 aliphatic carbocycles. The van der Waals surface area contributed by atoms with Crippen molar-refractivity contribution in [2.45, 2.75) is 6.54 Å². The topological polar surface area (TPSA) is 81.6 Å². The van der Waals surface area contributed by atoms with E-state index in [0.717, 1.165) is 18.8 Å². The van der Waals surface area contributed by atoms with Crippen LogP contribution in [0, 0.1) is 0 Å². The fraction of sp³-hybridized carbons (Fsp3) is 0.200. The first-order valence-electron chi connectivity index (χ1n) is 5.09. The molecule has 0 atom stereocenters. The molecular weight excluding hydrogens is 236 g/mol. The molecule has 0 saturated heterocycles. The third-order valence-corrected chi connectivity index (χ3v) is 2.37. The molecular formula is C10H12N6S. The summed E-state index contributed by atoms with van der Waals surface area (Å²) in [6.07, 6.45) is 5.17. The molecule has 0 aliphatic rings. The number of hydrogen-bond donors (Lipinski definition) is 2. The summed E-state index contributed by atoms with van der Waals surface area (Å²) in [5.74, 6) is 0. The van der Waals surface area contributed by atoms with Crippen LogP contribution in [0.4, 0.5) is 5.69 Å². The van der Waals surface area contributed by atoms with Crippen molar-refractivity contribution in [1.29, 1.82) is 0 Å². The first-order chi connectivity index (χ1) is 8.25. The number of nitrogens with one attached hydrogen (secondary N) is 1. The lowest BCUT2D eigenvalue weighted by molar-refractivity contribution is 0.609. The van der Waals surface area contributed by atoms with Crippen molar-refractivity contribution >= 4 is 22.9 Å². The van der Waals surface area contributed by atoms with Crippen LogP contribution in [0.15, 0.2) is 30.7 Å². The monoisotopic (exact) mass is 248 g/mol. The van der Waals surface area contributed by atoms with Crippen LogP contribution >= 0.6 is 12.2 Å². The Labute approximate surface area is 104 Å². The van der Waals surface area contributed by atoms with E-state index in [-0.39, 0.29) is 0 Å². The van der Waals surface area contributed by atoms with Gasteiger partial charge in [-0.2, -0.15) is 0 Å². The summed E-state index contributed by atoms with van der Waals surface area (Å²) in [7, 11) is 0. The molecule has 3 N–H and O–H groups in total. The van der Waals surface area contributed by atoms with Gasteiger partial charge < -0.3 is 11.1 Å². The van der Waals surface area contributed by atoms with Gasteiger partial charge in [-0.15, -0.1) is 5.10 Å². The van der Waals surface area contributed by atoms with Crippen molar-refractivity contribution in [3.05, 3.63) is 36.4 Å². The van der Waals surface area contributed by atoms with E-state index in [4.69, 9.17) is 18.0 Å². The number of aromatic nitrogens is 4. The first kappa shape index (κ1) is 11.5. The Morgan fingerprint density at radius 1 is 1.47 bits per heavy atom. The Morgan fingerprint density at radius 2 is 2.35 bits per heavy atom. The predicted molar refractivity (Wildman–Crippen MR) is 68.6 cm³/mol. The highest BCUT2D eigenvalue weighted by Gasteiger charge is 1.98. The molecule has 2 heterocycles. The van der Waals surface area contributed by atoms with Crippen LogP contribution in [-0.4, -0.2) is 31.5 Å². The molecule has 88 valence electrons. The second-order valence-corrected chi connectivity index (χ2v) is 3.83. The minimum absolute atomic E-state index is 0.305. The summed E-state index contributed by atoms with van der Waals surface area (Å²) < 4.78 is 1.75. The van der Waals surface area contributed by atoms with Gasteiger partial charge in [-0.25, -0.2) is 0 Å². The number of rotatable bonds is 5. The van der Waals surface area contributed by atoms with Crippen molar-refractivity contribution in [3.63, 3.8) is 0 Å². The van der Waals surface area contributed by atoms with Crippen LogP contribution < -0.4 is 11.1 Å². The number of nitrogens with two attached hydrogens (primary N) is 1. The molecule has 0 radical (unpaired) electrons. The van der Waals surface area contributed by atoms with E-state index in [0.29, 0.717) is 10.7 Å². The minimum atomic E-state index is 0.305. The highest BCUT2D eigenvalue weighted by molar-refractivity contribution is 7.80. The summed E-state index contributed by atoms with van der Waals surface area (Å²) >= 11 is 4.82. The minimum Gasteiger partial charge on any atom is -0.388 e. The molecule has 0 spiro atoms. The molecule has 2 rings (SSSR count). The highest BCUT2D eigenvalue weighted by Crippen LogP contribution is 2.05. The van der Waals surface area contributed by atoms with Gasteiger partial charge in [-0.1, -0.05) is 17.4 Å². The van der Waals surface area contributed by atoms with Gasteiger partial charge in [-0.3, -0.25) is 9.67 Å². The van der Waals surface area contributed by atoms with E-state index in [2.05, 4.69) is 20.6 Å². The molecule has 0 bridgehead atoms. The molecule has 0 aliphatic heterocycles. The van der Waals surface area contributed by atoms with Gasteiger partial charge in [0.15, 0.2) is 0 Å². The molecule has 2 aromatic rings. The molecule has 2 aromatic heterocycles. The van der Waals surface area contributed by atoms with Gasteiger partial charge in [0.05, 0.1) is 30.3 Å². The van der Waals surface area contributed by atoms with E-state index >= 15 is 0 Å². The summed E-state index contributed by atoms with van der Waals surface area (Å²) in [5.41, 5.74) is 7.01. The van der Waals surface area contributed by atoms with Crippen LogP contribution in [-0.2, 0) is 6.54 Å². The lowest BCUT2D eigenvalue weighted by Crippen LogP contribution is -2.13. The molecule has 0 unspecified atom stereocenters. The standard InChI is InChI=1S/C10H12N6S/c11-10(17)9-2-1-8(7-13-9)12-3-5-16-6-4-14-15-16/h1-2,4,6-7,12H,3,5H2,(H2,11,17). The number of hydrogen-bond acceptors (Lipinski definition) is 5. The van der Waals surface area contributed by atoms with Crippen molar-refractivity contribution in [1.82, 2.24) is 20.0 Å². The maximum atomic E-state index is 5.46. The Bertz CT molecular complexity index is 478. The average molecular weight is 248 g/mol. The van der Waals surface area contributed by atoms with Gasteiger partial charge in [-0.05, 0) is 12.1 Å². The lowest BCUT2D eigenvalue weighted by atomic mass is 10.3. The SMILES string of the molecule is NC(=S)c1ccc(NCCn2ccnn2)cn1. The first-order valence-corrected chi connectivity index (χ1v) is 5.50. The van der Waals surface area contributed by atoms with Crippen molar-refractivity contribution < 1.29 is 0 Å². The van der Waals surface area contributed by atoms with Crippen molar-refractivity contribution in [3.8, 4) is 0 Å². The maximum absolute atomic E-state index is 5.46. The molecule has 0 fully saturated rings. The Hall–Kier alpha value is -2.02. The summed E-state index contributed by atoms with van der Waals surface area (Å²) in [5, 5.41) is 10.8. The molecule has 7 heteroatoms. The van der Waals surface area contributed by atoms with E-state index in [1.807, 2.05) is 12.3 Å². The fourth-order valence-electron chi connectivity index (χ4n) is 1.31. The van der Waals surface area contributed by atoms with Gasteiger partial charge in [0.25, 0.3) is 0 Å². The van der Waals surface area contributed by atoms with Crippen LogP contribution in [0.2, 0.25) is 0 Å². The second-order valence-electron chi connectivity index (χ2n) is 3.39. The average Bonchev–Trinajstić information content (AvgIpc) is 2.83. The van der Waals surface area contributed by atoms with Gasteiger partial charge in [0.1, 0.15) is 4.99 Å². The van der Waals surface area contributed by atoms with Gasteiger partial charge >= 0.3 is 0 Å². The number of nitrogens with zero attached hydrogens (tertiary/aromatic N) is 4. The smallest absolute Gasteiger partial charge is 0.122 e. The largest absolute Gasteiger partial charge is 0.388 e. The van der Waals surface area contributed by atoms with E-state index in [1.54, 1.807) is 23.1 Å². The maximum Gasteiger partial charge on any atom is 0.122 e. The van der Waals surface area contributed by atoms with E-state index < -0.39 is 0 Å². The fourth-order valence-corrected chi connectivity index (χ4v) is 1.43. The zero-order valence-corrected chi connectivity index (χ0v) is 9.89. The number of anilines is 1. The zero-order valence-electron chi connectivity index (χ0n) is 9.08. The van der Waals surface area contributed by atoms with Crippen LogP contribution in [0.3, 0.4) is 0 Å². The van der Waals surface area contributed by atoms with Crippen LogP contribution in [0.5, 0.6) is 0 Å². The molecule has 17 heavy (non-hydrogen) atoms. The highest BCUT2D eigenvalue weighted by atomic mass is 32.1. The number of pyridine rings is 1. The Balaban J connectivity index is 1.85. The third kappa shape index (κ3) is 3.22. The third-order valence-electron chi connectivity index (χ3n) is 2.16. The van der Waals surface area contributed by atoms with Crippen LogP contribution in [0.25, 0.3) is 0 Å². The van der Waals surface area contributed by atoms with E-state index in [1.165, 1.54) is 0 Å². The number of thiocarbonyl (C=S) groups is 1. The van der Waals surface area contributed by atoms with Gasteiger partial charge in [0.2, 0.25) is 0 Å². The van der Waals surface area contributed by atoms with E-state index in [9.17, 15) is 0 Å². The molecule has 6 nitrogen and oxygen atoms in total. The quantitative estimate of drug-likeness (QED) is 0.746. The van der Waals surface area contributed by atoms with Crippen LogP contribution in [0.1, 0.15) is 5.69 Å². The summed E-state index contributed by atoms with van der Waals surface area (Å²) in [4.78, 5) is 4.44. The lowest BCUT2D eigenvalue weighted by Gasteiger charge is -2.06. The summed E-state index contributed by atoms with van der Waals surface area (Å²) in [6.45, 7) is 1.49. The molecule has 0 aromatic carbocycles. The molecule has 0 amide bonds.